The Morgan fingerprint density at radius 1 is 1.17 bits per heavy atom. The van der Waals surface area contributed by atoms with Crippen LogP contribution in [0.5, 0.6) is 0 Å². The normalized spacial score (nSPS) is 13.6. The molecule has 6 heteroatoms. The highest BCUT2D eigenvalue weighted by Gasteiger charge is 2.20. The molecule has 1 heterocycles. The molecule has 124 valence electrons. The summed E-state index contributed by atoms with van der Waals surface area (Å²) in [7, 11) is 0. The number of fused-ring (bicyclic) bond motifs is 1. The SMILES string of the molecule is C[C@@H](Sc1nc2ccccc2o1)C(=O)N[C@H](C)c1ccc(F)cc1. The van der Waals surface area contributed by atoms with Crippen LogP contribution in [0.2, 0.25) is 0 Å². The van der Waals surface area contributed by atoms with Gasteiger partial charge in [0, 0.05) is 0 Å². The summed E-state index contributed by atoms with van der Waals surface area (Å²) in [6.07, 6.45) is 0. The Bertz CT molecular complexity index is 815. The first kappa shape index (κ1) is 16.5. The Labute approximate surface area is 143 Å². The monoisotopic (exact) mass is 344 g/mol. The number of aromatic nitrogens is 1. The first-order valence-electron chi connectivity index (χ1n) is 7.61. The lowest BCUT2D eigenvalue weighted by Crippen LogP contribution is -2.33. The maximum absolute atomic E-state index is 13.0. The Morgan fingerprint density at radius 3 is 2.58 bits per heavy atom. The molecule has 1 amide bonds. The van der Waals surface area contributed by atoms with E-state index >= 15 is 0 Å². The first-order chi connectivity index (χ1) is 11.5. The molecule has 0 aliphatic carbocycles. The molecule has 0 aliphatic heterocycles. The lowest BCUT2D eigenvalue weighted by Gasteiger charge is -2.17. The van der Waals surface area contributed by atoms with Gasteiger partial charge < -0.3 is 9.73 Å². The number of para-hydroxylation sites is 2. The van der Waals surface area contributed by atoms with E-state index < -0.39 is 0 Å². The van der Waals surface area contributed by atoms with Crippen LogP contribution in [-0.4, -0.2) is 16.1 Å². The summed E-state index contributed by atoms with van der Waals surface area (Å²) in [6, 6.07) is 13.4. The molecular weight excluding hydrogens is 327 g/mol. The summed E-state index contributed by atoms with van der Waals surface area (Å²) in [5, 5.41) is 3.02. The van der Waals surface area contributed by atoms with Crippen LogP contribution < -0.4 is 5.32 Å². The minimum absolute atomic E-state index is 0.126. The van der Waals surface area contributed by atoms with Gasteiger partial charge in [-0.15, -0.1) is 0 Å². The Kier molecular flexibility index (Phi) is 4.85. The molecule has 0 saturated heterocycles. The molecule has 3 rings (SSSR count). The smallest absolute Gasteiger partial charge is 0.257 e. The molecule has 2 aromatic carbocycles. The van der Waals surface area contributed by atoms with Crippen LogP contribution in [0.15, 0.2) is 58.2 Å². The number of benzene rings is 2. The van der Waals surface area contributed by atoms with Crippen molar-refractivity contribution in [2.75, 3.05) is 0 Å². The molecule has 0 aliphatic rings. The van der Waals surface area contributed by atoms with Crippen molar-refractivity contribution in [3.05, 3.63) is 59.9 Å². The highest BCUT2D eigenvalue weighted by Crippen LogP contribution is 2.27. The number of hydrogen-bond donors (Lipinski definition) is 1. The third-order valence-corrected chi connectivity index (χ3v) is 4.59. The molecule has 4 nitrogen and oxygen atoms in total. The summed E-state index contributed by atoms with van der Waals surface area (Å²) in [4.78, 5) is 16.7. The molecule has 1 N–H and O–H groups in total. The van der Waals surface area contributed by atoms with Crippen molar-refractivity contribution in [3.63, 3.8) is 0 Å². The number of nitrogens with one attached hydrogen (secondary N) is 1. The molecule has 0 radical (unpaired) electrons. The number of amides is 1. The molecular formula is C18H17FN2O2S. The summed E-state index contributed by atoms with van der Waals surface area (Å²) in [5.41, 5.74) is 2.32. The van der Waals surface area contributed by atoms with Gasteiger partial charge in [0.05, 0.1) is 11.3 Å². The summed E-state index contributed by atoms with van der Waals surface area (Å²) in [6.45, 7) is 3.66. The summed E-state index contributed by atoms with van der Waals surface area (Å²) < 4.78 is 18.6. The first-order valence-corrected chi connectivity index (χ1v) is 8.49. The fraction of sp³-hybridized carbons (Fsp3) is 0.222. The molecule has 1 aromatic heterocycles. The lowest BCUT2D eigenvalue weighted by atomic mass is 10.1. The van der Waals surface area contributed by atoms with Crippen molar-refractivity contribution in [1.29, 1.82) is 0 Å². The van der Waals surface area contributed by atoms with Crippen LogP contribution in [0.1, 0.15) is 25.5 Å². The largest absolute Gasteiger partial charge is 0.431 e. The number of hydrogen-bond acceptors (Lipinski definition) is 4. The van der Waals surface area contributed by atoms with Gasteiger partial charge in [-0.25, -0.2) is 9.37 Å². The second kappa shape index (κ2) is 7.05. The minimum Gasteiger partial charge on any atom is -0.431 e. The standard InChI is InChI=1S/C18H17FN2O2S/c1-11(13-7-9-14(19)10-8-13)20-17(22)12(2)24-18-21-15-5-3-4-6-16(15)23-18/h3-12H,1-2H3,(H,20,22)/t11-,12-/m1/s1. The van der Waals surface area contributed by atoms with Crippen molar-refractivity contribution in [2.45, 2.75) is 30.4 Å². The van der Waals surface area contributed by atoms with Crippen LogP contribution in [0.3, 0.4) is 0 Å². The summed E-state index contributed by atoms with van der Waals surface area (Å²) in [5.74, 6) is -0.420. The highest BCUT2D eigenvalue weighted by molar-refractivity contribution is 8.00. The van der Waals surface area contributed by atoms with E-state index in [1.165, 1.54) is 23.9 Å². The van der Waals surface area contributed by atoms with Crippen molar-refractivity contribution in [1.82, 2.24) is 10.3 Å². The van der Waals surface area contributed by atoms with Gasteiger partial charge >= 0.3 is 0 Å². The van der Waals surface area contributed by atoms with Crippen LogP contribution in [-0.2, 0) is 4.79 Å². The fourth-order valence-corrected chi connectivity index (χ4v) is 3.04. The van der Waals surface area contributed by atoms with Gasteiger partial charge in [-0.05, 0) is 43.7 Å². The van der Waals surface area contributed by atoms with Crippen molar-refractivity contribution in [2.24, 2.45) is 0 Å². The van der Waals surface area contributed by atoms with E-state index in [1.807, 2.05) is 31.2 Å². The average Bonchev–Trinajstić information content (AvgIpc) is 2.97. The van der Waals surface area contributed by atoms with E-state index in [-0.39, 0.29) is 23.0 Å². The van der Waals surface area contributed by atoms with Gasteiger partial charge in [-0.1, -0.05) is 36.0 Å². The third-order valence-electron chi connectivity index (χ3n) is 3.65. The van der Waals surface area contributed by atoms with Crippen molar-refractivity contribution in [3.8, 4) is 0 Å². The van der Waals surface area contributed by atoms with Crippen LogP contribution in [0.4, 0.5) is 4.39 Å². The van der Waals surface area contributed by atoms with E-state index in [2.05, 4.69) is 10.3 Å². The number of carbonyl (C=O) groups is 1. The zero-order valence-corrected chi connectivity index (χ0v) is 14.1. The van der Waals surface area contributed by atoms with Gasteiger partial charge in [0.1, 0.15) is 11.3 Å². The Balaban J connectivity index is 1.62. The van der Waals surface area contributed by atoms with Crippen LogP contribution >= 0.6 is 11.8 Å². The topological polar surface area (TPSA) is 55.1 Å². The highest BCUT2D eigenvalue weighted by atomic mass is 32.2. The summed E-state index contributed by atoms with van der Waals surface area (Å²) >= 11 is 1.27. The Hall–Kier alpha value is -2.34. The molecule has 2 atom stereocenters. The minimum atomic E-state index is -0.360. The van der Waals surface area contributed by atoms with Gasteiger partial charge in [-0.2, -0.15) is 0 Å². The van der Waals surface area contributed by atoms with E-state index in [4.69, 9.17) is 4.42 Å². The van der Waals surface area contributed by atoms with E-state index in [0.29, 0.717) is 10.8 Å². The number of carbonyl (C=O) groups excluding carboxylic acids is 1. The number of halogens is 1. The third kappa shape index (κ3) is 3.76. The van der Waals surface area contributed by atoms with Crippen LogP contribution in [0, 0.1) is 5.82 Å². The quantitative estimate of drug-likeness (QED) is 0.700. The molecule has 0 bridgehead atoms. The van der Waals surface area contributed by atoms with Crippen molar-refractivity contribution >= 4 is 28.8 Å². The predicted molar refractivity (Wildman–Crippen MR) is 92.3 cm³/mol. The average molecular weight is 344 g/mol. The van der Waals surface area contributed by atoms with E-state index in [9.17, 15) is 9.18 Å². The number of rotatable bonds is 5. The van der Waals surface area contributed by atoms with E-state index in [0.717, 1.165) is 11.1 Å². The second-order valence-electron chi connectivity index (χ2n) is 5.49. The van der Waals surface area contributed by atoms with Crippen molar-refractivity contribution < 1.29 is 13.6 Å². The molecule has 24 heavy (non-hydrogen) atoms. The molecule has 3 aromatic rings. The zero-order chi connectivity index (χ0) is 17.1. The van der Waals surface area contributed by atoms with Gasteiger partial charge in [0.25, 0.3) is 5.22 Å². The maximum atomic E-state index is 13.0. The molecule has 0 unspecified atom stereocenters. The molecule has 0 fully saturated rings. The molecule has 0 spiro atoms. The maximum Gasteiger partial charge on any atom is 0.257 e. The van der Waals surface area contributed by atoms with Crippen LogP contribution in [0.25, 0.3) is 11.1 Å². The fourth-order valence-electron chi connectivity index (χ4n) is 2.27. The number of oxazole rings is 1. The Morgan fingerprint density at radius 2 is 1.88 bits per heavy atom. The number of thioether (sulfide) groups is 1. The molecule has 0 saturated carbocycles. The number of nitrogens with zero attached hydrogens (tertiary/aromatic N) is 1. The van der Waals surface area contributed by atoms with Gasteiger partial charge in [-0.3, -0.25) is 4.79 Å². The predicted octanol–water partition coefficient (Wildman–Crippen LogP) is 4.32. The van der Waals surface area contributed by atoms with Gasteiger partial charge in [0.15, 0.2) is 5.58 Å². The zero-order valence-electron chi connectivity index (χ0n) is 13.3. The lowest BCUT2D eigenvalue weighted by molar-refractivity contribution is -0.120. The van der Waals surface area contributed by atoms with Gasteiger partial charge in [0.2, 0.25) is 5.91 Å². The van der Waals surface area contributed by atoms with E-state index in [1.54, 1.807) is 19.1 Å². The second-order valence-corrected chi connectivity index (χ2v) is 6.78.